The second-order valence-electron chi connectivity index (χ2n) is 5.68. The van der Waals surface area contributed by atoms with Crippen molar-refractivity contribution in [1.82, 2.24) is 5.32 Å². The molecule has 0 aliphatic rings. The lowest BCUT2D eigenvalue weighted by Gasteiger charge is -2.11. The summed E-state index contributed by atoms with van der Waals surface area (Å²) in [6.45, 7) is 1.19. The lowest BCUT2D eigenvalue weighted by atomic mass is 10.1. The summed E-state index contributed by atoms with van der Waals surface area (Å²) < 4.78 is 10.4. The van der Waals surface area contributed by atoms with Crippen LogP contribution in [0.15, 0.2) is 48.5 Å². The van der Waals surface area contributed by atoms with Gasteiger partial charge >= 0.3 is 5.97 Å². The van der Waals surface area contributed by atoms with Crippen LogP contribution in [-0.4, -0.2) is 31.3 Å². The largest absolute Gasteiger partial charge is 0.496 e. The summed E-state index contributed by atoms with van der Waals surface area (Å²) >= 11 is 0. The first kappa shape index (κ1) is 19.2. The van der Waals surface area contributed by atoms with Crippen molar-refractivity contribution >= 4 is 17.7 Å². The number of rotatable bonds is 8. The molecule has 6 nitrogen and oxygen atoms in total. The molecule has 0 aliphatic heterocycles. The number of carbonyl (C=O) groups excluding carboxylic acids is 3. The van der Waals surface area contributed by atoms with Crippen LogP contribution in [-0.2, 0) is 27.4 Å². The molecule has 2 aromatic carbocycles. The molecule has 0 fully saturated rings. The summed E-state index contributed by atoms with van der Waals surface area (Å²) in [6, 6.07) is 14.2. The van der Waals surface area contributed by atoms with E-state index in [2.05, 4.69) is 5.32 Å². The molecule has 136 valence electrons. The Morgan fingerprint density at radius 3 is 2.42 bits per heavy atom. The highest BCUT2D eigenvalue weighted by Crippen LogP contribution is 2.21. The number of hydrogen-bond donors (Lipinski definition) is 1. The van der Waals surface area contributed by atoms with E-state index in [0.717, 1.165) is 5.56 Å². The van der Waals surface area contributed by atoms with Gasteiger partial charge in [0.05, 0.1) is 13.5 Å². The maximum atomic E-state index is 11.8. The number of ketones is 1. The Hall–Kier alpha value is -3.15. The number of Topliss-reactive ketones (excluding diaryl/α,β-unsaturated/α-hetero) is 1. The fourth-order valence-corrected chi connectivity index (χ4v) is 2.33. The van der Waals surface area contributed by atoms with Crippen LogP contribution in [0.25, 0.3) is 0 Å². The van der Waals surface area contributed by atoms with Crippen LogP contribution < -0.4 is 10.1 Å². The van der Waals surface area contributed by atoms with E-state index in [1.807, 2.05) is 30.3 Å². The highest BCUT2D eigenvalue weighted by atomic mass is 16.5. The Bertz CT molecular complexity index is 786. The molecule has 2 rings (SSSR count). The van der Waals surface area contributed by atoms with Gasteiger partial charge in [-0.15, -0.1) is 0 Å². The summed E-state index contributed by atoms with van der Waals surface area (Å²) in [7, 11) is 1.50. The maximum Gasteiger partial charge on any atom is 0.325 e. The molecule has 0 saturated heterocycles. The monoisotopic (exact) mass is 355 g/mol. The van der Waals surface area contributed by atoms with E-state index in [4.69, 9.17) is 9.47 Å². The SMILES string of the molecule is COc1ccc(C(C)=O)cc1COC(=O)CNC(=O)Cc1ccccc1. The molecule has 0 aliphatic carbocycles. The number of carbonyl (C=O) groups is 3. The molecule has 0 spiro atoms. The van der Waals surface area contributed by atoms with Gasteiger partial charge in [0.1, 0.15) is 18.9 Å². The number of hydrogen-bond acceptors (Lipinski definition) is 5. The predicted molar refractivity (Wildman–Crippen MR) is 96.0 cm³/mol. The van der Waals surface area contributed by atoms with Gasteiger partial charge in [0.15, 0.2) is 5.78 Å². The minimum absolute atomic E-state index is 0.0440. The van der Waals surface area contributed by atoms with Crippen molar-refractivity contribution in [3.05, 3.63) is 65.2 Å². The fourth-order valence-electron chi connectivity index (χ4n) is 2.33. The Kier molecular flexibility index (Phi) is 6.91. The molecule has 0 atom stereocenters. The van der Waals surface area contributed by atoms with Gasteiger partial charge in [-0.3, -0.25) is 14.4 Å². The van der Waals surface area contributed by atoms with Gasteiger partial charge in [0.25, 0.3) is 0 Å². The average Bonchev–Trinajstić information content (AvgIpc) is 2.65. The van der Waals surface area contributed by atoms with Gasteiger partial charge in [-0.25, -0.2) is 0 Å². The minimum Gasteiger partial charge on any atom is -0.496 e. The fraction of sp³-hybridized carbons (Fsp3) is 0.250. The number of nitrogens with one attached hydrogen (secondary N) is 1. The van der Waals surface area contributed by atoms with Gasteiger partial charge in [0.2, 0.25) is 5.91 Å². The topological polar surface area (TPSA) is 81.7 Å². The van der Waals surface area contributed by atoms with Crippen molar-refractivity contribution in [2.24, 2.45) is 0 Å². The molecule has 0 unspecified atom stereocenters. The van der Waals surface area contributed by atoms with Gasteiger partial charge in [-0.05, 0) is 30.7 Å². The number of ether oxygens (including phenoxy) is 2. The van der Waals surface area contributed by atoms with Crippen molar-refractivity contribution < 1.29 is 23.9 Å². The zero-order chi connectivity index (χ0) is 18.9. The molecule has 1 amide bonds. The zero-order valence-corrected chi connectivity index (χ0v) is 14.8. The predicted octanol–water partition coefficient (Wildman–Crippen LogP) is 2.30. The first-order chi connectivity index (χ1) is 12.5. The molecule has 26 heavy (non-hydrogen) atoms. The third-order valence-electron chi connectivity index (χ3n) is 3.71. The minimum atomic E-state index is -0.568. The van der Waals surface area contributed by atoms with Gasteiger partial charge < -0.3 is 14.8 Å². The summed E-state index contributed by atoms with van der Waals surface area (Å²) in [5.41, 5.74) is 1.96. The molecular weight excluding hydrogens is 334 g/mol. The third-order valence-corrected chi connectivity index (χ3v) is 3.71. The molecule has 0 saturated carbocycles. The maximum absolute atomic E-state index is 11.8. The Morgan fingerprint density at radius 1 is 1.04 bits per heavy atom. The normalized spacial score (nSPS) is 10.1. The summed E-state index contributed by atoms with van der Waals surface area (Å²) in [5.74, 6) is -0.393. The van der Waals surface area contributed by atoms with Crippen molar-refractivity contribution in [1.29, 1.82) is 0 Å². The molecule has 2 aromatic rings. The summed E-state index contributed by atoms with van der Waals surface area (Å²) in [4.78, 5) is 35.1. The Labute approximate surface area is 152 Å². The first-order valence-electron chi connectivity index (χ1n) is 8.13. The van der Waals surface area contributed by atoms with Gasteiger partial charge in [-0.2, -0.15) is 0 Å². The lowest BCUT2D eigenvalue weighted by molar-refractivity contribution is -0.145. The van der Waals surface area contributed by atoms with E-state index in [1.165, 1.54) is 14.0 Å². The second kappa shape index (κ2) is 9.36. The van der Waals surface area contributed by atoms with Crippen LogP contribution in [0.3, 0.4) is 0 Å². The van der Waals surface area contributed by atoms with Crippen LogP contribution in [0.1, 0.15) is 28.4 Å². The van der Waals surface area contributed by atoms with Crippen molar-refractivity contribution in [3.8, 4) is 5.75 Å². The molecule has 6 heteroatoms. The molecule has 0 bridgehead atoms. The summed E-state index contributed by atoms with van der Waals surface area (Å²) in [5, 5.41) is 2.53. The number of esters is 1. The van der Waals surface area contributed by atoms with E-state index in [9.17, 15) is 14.4 Å². The zero-order valence-electron chi connectivity index (χ0n) is 14.8. The van der Waals surface area contributed by atoms with Crippen molar-refractivity contribution in [3.63, 3.8) is 0 Å². The molecule has 0 radical (unpaired) electrons. The van der Waals surface area contributed by atoms with E-state index in [1.54, 1.807) is 18.2 Å². The quantitative estimate of drug-likeness (QED) is 0.580. The van der Waals surface area contributed by atoms with E-state index in [-0.39, 0.29) is 31.3 Å². The van der Waals surface area contributed by atoms with Gasteiger partial charge in [0, 0.05) is 11.1 Å². The Balaban J connectivity index is 1.84. The molecule has 1 N–H and O–H groups in total. The van der Waals surface area contributed by atoms with Crippen LogP contribution >= 0.6 is 0 Å². The highest BCUT2D eigenvalue weighted by molar-refractivity contribution is 5.94. The van der Waals surface area contributed by atoms with Crippen molar-refractivity contribution in [2.45, 2.75) is 20.0 Å². The molecule has 0 heterocycles. The van der Waals surface area contributed by atoms with Crippen LogP contribution in [0.2, 0.25) is 0 Å². The van der Waals surface area contributed by atoms with E-state index in [0.29, 0.717) is 16.9 Å². The standard InChI is InChI=1S/C20H21NO5/c1-14(22)16-8-9-18(25-2)17(11-16)13-26-20(24)12-21-19(23)10-15-6-4-3-5-7-15/h3-9,11H,10,12-13H2,1-2H3,(H,21,23). The van der Waals surface area contributed by atoms with Crippen LogP contribution in [0, 0.1) is 0 Å². The number of benzene rings is 2. The van der Waals surface area contributed by atoms with Crippen molar-refractivity contribution in [2.75, 3.05) is 13.7 Å². The summed E-state index contributed by atoms with van der Waals surface area (Å²) in [6.07, 6.45) is 0.197. The number of methoxy groups -OCH3 is 1. The average molecular weight is 355 g/mol. The van der Waals surface area contributed by atoms with Crippen LogP contribution in [0.4, 0.5) is 0 Å². The molecular formula is C20H21NO5. The number of amides is 1. The smallest absolute Gasteiger partial charge is 0.325 e. The second-order valence-corrected chi connectivity index (χ2v) is 5.68. The van der Waals surface area contributed by atoms with E-state index >= 15 is 0 Å². The lowest BCUT2D eigenvalue weighted by Crippen LogP contribution is -2.31. The van der Waals surface area contributed by atoms with Gasteiger partial charge in [-0.1, -0.05) is 30.3 Å². The van der Waals surface area contributed by atoms with Crippen LogP contribution in [0.5, 0.6) is 5.75 Å². The Morgan fingerprint density at radius 2 is 1.77 bits per heavy atom. The van der Waals surface area contributed by atoms with E-state index < -0.39 is 5.97 Å². The highest BCUT2D eigenvalue weighted by Gasteiger charge is 2.11. The first-order valence-corrected chi connectivity index (χ1v) is 8.13. The molecule has 0 aromatic heterocycles. The third kappa shape index (κ3) is 5.73.